The van der Waals surface area contributed by atoms with Gasteiger partial charge in [0.05, 0.1) is 6.61 Å². The molecule has 0 amide bonds. The quantitative estimate of drug-likeness (QED) is 0.750. The van der Waals surface area contributed by atoms with Gasteiger partial charge in [0.1, 0.15) is 0 Å². The van der Waals surface area contributed by atoms with Crippen molar-refractivity contribution < 1.29 is 4.74 Å². The van der Waals surface area contributed by atoms with E-state index in [4.69, 9.17) is 4.74 Å². The van der Waals surface area contributed by atoms with Crippen LogP contribution < -0.4 is 5.32 Å². The Morgan fingerprint density at radius 1 is 1.29 bits per heavy atom. The molecule has 0 aromatic heterocycles. The predicted molar refractivity (Wildman–Crippen MR) is 58.4 cm³/mol. The summed E-state index contributed by atoms with van der Waals surface area (Å²) in [6, 6.07) is 0. The van der Waals surface area contributed by atoms with Gasteiger partial charge in [-0.1, -0.05) is 12.8 Å². The Balaban J connectivity index is 1.72. The van der Waals surface area contributed by atoms with Gasteiger partial charge in [-0.3, -0.25) is 0 Å². The lowest BCUT2D eigenvalue weighted by atomic mass is 9.94. The fraction of sp³-hybridized carbons (Fsp3) is 1.00. The summed E-state index contributed by atoms with van der Waals surface area (Å²) in [6.45, 7) is 5.38. The zero-order valence-corrected chi connectivity index (χ0v) is 9.35. The van der Waals surface area contributed by atoms with Crippen LogP contribution >= 0.6 is 0 Å². The van der Waals surface area contributed by atoms with Crippen LogP contribution in [-0.2, 0) is 4.74 Å². The molecule has 1 aliphatic carbocycles. The minimum Gasteiger partial charge on any atom is -0.380 e. The molecular formula is C12H23NO. The Hall–Kier alpha value is -0.0800. The van der Waals surface area contributed by atoms with E-state index >= 15 is 0 Å². The van der Waals surface area contributed by atoms with Crippen LogP contribution in [0.25, 0.3) is 0 Å². The lowest BCUT2D eigenvalue weighted by Gasteiger charge is -2.35. The highest BCUT2D eigenvalue weighted by Crippen LogP contribution is 2.25. The van der Waals surface area contributed by atoms with Crippen LogP contribution in [0.2, 0.25) is 0 Å². The molecule has 1 unspecified atom stereocenters. The number of hydrogen-bond acceptors (Lipinski definition) is 2. The number of rotatable bonds is 3. The summed E-state index contributed by atoms with van der Waals surface area (Å²) in [6.07, 6.45) is 8.25. The molecule has 0 aromatic carbocycles. The summed E-state index contributed by atoms with van der Waals surface area (Å²) < 4.78 is 5.54. The van der Waals surface area contributed by atoms with Crippen molar-refractivity contribution in [2.45, 2.75) is 51.0 Å². The summed E-state index contributed by atoms with van der Waals surface area (Å²) in [7, 11) is 0. The molecule has 2 nitrogen and oxygen atoms in total. The van der Waals surface area contributed by atoms with Crippen molar-refractivity contribution in [3.63, 3.8) is 0 Å². The summed E-state index contributed by atoms with van der Waals surface area (Å²) >= 11 is 0. The third-order valence-corrected chi connectivity index (χ3v) is 3.73. The molecule has 2 aliphatic rings. The molecule has 1 atom stereocenters. The highest BCUT2D eigenvalue weighted by Gasteiger charge is 2.28. The molecule has 0 aromatic rings. The van der Waals surface area contributed by atoms with Crippen LogP contribution in [0.5, 0.6) is 0 Å². The molecule has 0 spiro atoms. The summed E-state index contributed by atoms with van der Waals surface area (Å²) in [5, 5.41) is 3.71. The van der Waals surface area contributed by atoms with Crippen LogP contribution in [0.4, 0.5) is 0 Å². The summed E-state index contributed by atoms with van der Waals surface area (Å²) in [5.41, 5.74) is 0.265. The first-order valence-electron chi connectivity index (χ1n) is 6.11. The molecule has 1 saturated carbocycles. The van der Waals surface area contributed by atoms with Gasteiger partial charge in [0.15, 0.2) is 0 Å². The Labute approximate surface area is 87.4 Å². The van der Waals surface area contributed by atoms with Crippen molar-refractivity contribution >= 4 is 0 Å². The lowest BCUT2D eigenvalue weighted by molar-refractivity contribution is 0.0270. The number of nitrogens with one attached hydrogen (secondary N) is 1. The van der Waals surface area contributed by atoms with Gasteiger partial charge in [-0.2, -0.15) is 0 Å². The molecule has 2 heteroatoms. The van der Waals surface area contributed by atoms with Crippen molar-refractivity contribution in [1.29, 1.82) is 0 Å². The van der Waals surface area contributed by atoms with Crippen LogP contribution in [0, 0.1) is 5.92 Å². The van der Waals surface area contributed by atoms with Gasteiger partial charge in [0, 0.05) is 12.1 Å². The van der Waals surface area contributed by atoms with Crippen LogP contribution in [0.1, 0.15) is 45.4 Å². The van der Waals surface area contributed by atoms with Gasteiger partial charge in [-0.15, -0.1) is 0 Å². The largest absolute Gasteiger partial charge is 0.380 e. The third-order valence-electron chi connectivity index (χ3n) is 3.73. The maximum Gasteiger partial charge on any atom is 0.0645 e. The van der Waals surface area contributed by atoms with E-state index in [2.05, 4.69) is 12.2 Å². The predicted octanol–water partition coefficient (Wildman–Crippen LogP) is 2.34. The zero-order chi connectivity index (χ0) is 9.86. The first kappa shape index (κ1) is 10.4. The van der Waals surface area contributed by atoms with Gasteiger partial charge in [-0.05, 0) is 45.1 Å². The molecule has 2 fully saturated rings. The second-order valence-electron chi connectivity index (χ2n) is 5.25. The van der Waals surface area contributed by atoms with Crippen molar-refractivity contribution in [3.8, 4) is 0 Å². The van der Waals surface area contributed by atoms with E-state index in [1.807, 2.05) is 0 Å². The second-order valence-corrected chi connectivity index (χ2v) is 5.25. The van der Waals surface area contributed by atoms with Gasteiger partial charge >= 0.3 is 0 Å². The fourth-order valence-electron chi connectivity index (χ4n) is 2.68. The Kier molecular flexibility index (Phi) is 3.45. The molecule has 1 aliphatic heterocycles. The van der Waals surface area contributed by atoms with E-state index in [-0.39, 0.29) is 5.54 Å². The monoisotopic (exact) mass is 197 g/mol. The molecule has 1 N–H and O–H groups in total. The fourth-order valence-corrected chi connectivity index (χ4v) is 2.68. The van der Waals surface area contributed by atoms with Crippen molar-refractivity contribution in [1.82, 2.24) is 5.32 Å². The maximum atomic E-state index is 5.54. The first-order chi connectivity index (χ1) is 6.79. The minimum absolute atomic E-state index is 0.265. The SMILES string of the molecule is CC1(NCC2CCCC2)CCCOC1. The van der Waals surface area contributed by atoms with E-state index in [0.29, 0.717) is 0 Å². The number of hydrogen-bond donors (Lipinski definition) is 1. The molecule has 14 heavy (non-hydrogen) atoms. The van der Waals surface area contributed by atoms with Gasteiger partial charge < -0.3 is 10.1 Å². The van der Waals surface area contributed by atoms with Gasteiger partial charge in [-0.25, -0.2) is 0 Å². The molecule has 1 heterocycles. The highest BCUT2D eigenvalue weighted by molar-refractivity contribution is 4.86. The first-order valence-corrected chi connectivity index (χ1v) is 6.11. The molecular weight excluding hydrogens is 174 g/mol. The average molecular weight is 197 g/mol. The normalized spacial score (nSPS) is 34.9. The van der Waals surface area contributed by atoms with Crippen LogP contribution in [0.15, 0.2) is 0 Å². The second kappa shape index (κ2) is 4.63. The third kappa shape index (κ3) is 2.71. The number of ether oxygens (including phenoxy) is 1. The van der Waals surface area contributed by atoms with Crippen molar-refractivity contribution in [2.24, 2.45) is 5.92 Å². The Morgan fingerprint density at radius 3 is 2.71 bits per heavy atom. The smallest absolute Gasteiger partial charge is 0.0645 e. The zero-order valence-electron chi connectivity index (χ0n) is 9.35. The molecule has 82 valence electrons. The highest BCUT2D eigenvalue weighted by atomic mass is 16.5. The van der Waals surface area contributed by atoms with Gasteiger partial charge in [0.25, 0.3) is 0 Å². The summed E-state index contributed by atoms with van der Waals surface area (Å²) in [5.74, 6) is 0.939. The van der Waals surface area contributed by atoms with E-state index in [0.717, 1.165) is 19.1 Å². The molecule has 0 bridgehead atoms. The van der Waals surface area contributed by atoms with E-state index in [1.54, 1.807) is 0 Å². The van der Waals surface area contributed by atoms with Crippen LogP contribution in [-0.4, -0.2) is 25.3 Å². The Bertz CT molecular complexity index is 169. The summed E-state index contributed by atoms with van der Waals surface area (Å²) in [4.78, 5) is 0. The van der Waals surface area contributed by atoms with Crippen molar-refractivity contribution in [2.75, 3.05) is 19.8 Å². The average Bonchev–Trinajstić information content (AvgIpc) is 2.69. The van der Waals surface area contributed by atoms with Gasteiger partial charge in [0.2, 0.25) is 0 Å². The molecule has 1 saturated heterocycles. The minimum atomic E-state index is 0.265. The Morgan fingerprint density at radius 2 is 2.07 bits per heavy atom. The maximum absolute atomic E-state index is 5.54. The lowest BCUT2D eigenvalue weighted by Crippen LogP contribution is -2.50. The molecule has 0 radical (unpaired) electrons. The van der Waals surface area contributed by atoms with Crippen LogP contribution in [0.3, 0.4) is 0 Å². The van der Waals surface area contributed by atoms with Crippen molar-refractivity contribution in [3.05, 3.63) is 0 Å². The standard InChI is InChI=1S/C12H23NO/c1-12(7-4-8-14-10-12)13-9-11-5-2-3-6-11/h11,13H,2-10H2,1H3. The topological polar surface area (TPSA) is 21.3 Å². The van der Waals surface area contributed by atoms with E-state index in [9.17, 15) is 0 Å². The van der Waals surface area contributed by atoms with E-state index in [1.165, 1.54) is 45.1 Å². The van der Waals surface area contributed by atoms with E-state index < -0.39 is 0 Å². The molecule has 2 rings (SSSR count).